The number of alkyl halides is 6. The topological polar surface area (TPSA) is 58.9 Å². The lowest BCUT2D eigenvalue weighted by atomic mass is 9.33. The summed E-state index contributed by atoms with van der Waals surface area (Å²) in [6.45, 7) is 9.12. The van der Waals surface area contributed by atoms with Crippen LogP contribution >= 0.6 is 0 Å². The molecule has 0 bridgehead atoms. The third kappa shape index (κ3) is 5.22. The molecule has 0 saturated heterocycles. The van der Waals surface area contributed by atoms with Crippen molar-refractivity contribution in [1.82, 2.24) is 0 Å². The molecule has 0 amide bonds. The lowest BCUT2D eigenvalue weighted by molar-refractivity contribution is -0.406. The lowest BCUT2D eigenvalue weighted by Crippen LogP contribution is -2.87. The van der Waals surface area contributed by atoms with Crippen molar-refractivity contribution in [3.63, 3.8) is 0 Å². The number of aliphatic hydroxyl groups is 2. The molecule has 10 heteroatoms. The van der Waals surface area contributed by atoms with Gasteiger partial charge in [0, 0.05) is 16.4 Å². The van der Waals surface area contributed by atoms with Crippen molar-refractivity contribution in [2.45, 2.75) is 63.5 Å². The summed E-state index contributed by atoms with van der Waals surface area (Å²) in [4.78, 5) is 0. The molecule has 0 aromatic heterocycles. The molecule has 0 radical (unpaired) electrons. The maximum atomic E-state index is 13.6. The number of rotatable bonds is 12. The van der Waals surface area contributed by atoms with Crippen LogP contribution in [-0.4, -0.2) is 34.6 Å². The number of hydrogen-bond acceptors (Lipinski definition) is 4. The van der Waals surface area contributed by atoms with Gasteiger partial charge in [0.05, 0.1) is 37.6 Å². The standard InChI is InChI=1S/C30H34F6O4/c1-5-15-27(37)25(3,19-39-17-21-11-8-7-9-12-21)26(4,28(27,38)16-6-2)20-40-18-22-23(29(31,32)33)13-10-14-24(22)30(34,35)36/h5-14,37-38H,1-2,15-20H2,3-4H3/t25-,26+,27-,28+/m0/s1. The number of benzene rings is 2. The number of ether oxygens (including phenoxy) is 2. The molecule has 2 aromatic carbocycles. The molecule has 1 aliphatic carbocycles. The van der Waals surface area contributed by atoms with Crippen LogP contribution in [-0.2, 0) is 35.0 Å². The monoisotopic (exact) mass is 572 g/mol. The fraction of sp³-hybridized carbons (Fsp3) is 0.467. The minimum Gasteiger partial charge on any atom is -0.386 e. The first kappa shape index (κ1) is 31.9. The van der Waals surface area contributed by atoms with Gasteiger partial charge in [0.1, 0.15) is 11.2 Å². The van der Waals surface area contributed by atoms with Crippen LogP contribution < -0.4 is 0 Å². The van der Waals surface area contributed by atoms with E-state index in [1.165, 1.54) is 12.2 Å². The van der Waals surface area contributed by atoms with E-state index in [0.29, 0.717) is 18.2 Å². The normalized spacial score (nSPS) is 28.6. The molecule has 3 rings (SSSR count). The van der Waals surface area contributed by atoms with Crippen LogP contribution in [0.25, 0.3) is 0 Å². The van der Waals surface area contributed by atoms with Crippen LogP contribution in [0.5, 0.6) is 0 Å². The van der Waals surface area contributed by atoms with Crippen molar-refractivity contribution in [3.05, 3.63) is 96.1 Å². The predicted octanol–water partition coefficient (Wildman–Crippen LogP) is 7.10. The fourth-order valence-electron chi connectivity index (χ4n) is 6.10. The summed E-state index contributed by atoms with van der Waals surface area (Å²) in [7, 11) is 0. The Kier molecular flexibility index (Phi) is 9.01. The van der Waals surface area contributed by atoms with Gasteiger partial charge in [-0.1, -0.05) is 62.4 Å². The Hall–Kier alpha value is -2.66. The Labute approximate surface area is 229 Å². The molecule has 220 valence electrons. The van der Waals surface area contributed by atoms with Gasteiger partial charge in [0.25, 0.3) is 0 Å². The first-order chi connectivity index (χ1) is 18.5. The molecular formula is C30H34F6O4. The minimum absolute atomic E-state index is 0.0622. The van der Waals surface area contributed by atoms with Gasteiger partial charge in [-0.15, -0.1) is 13.2 Å². The van der Waals surface area contributed by atoms with E-state index in [9.17, 15) is 36.6 Å². The summed E-state index contributed by atoms with van der Waals surface area (Å²) in [6, 6.07) is 11.0. The predicted molar refractivity (Wildman–Crippen MR) is 138 cm³/mol. The Morgan fingerprint density at radius 2 is 1.12 bits per heavy atom. The van der Waals surface area contributed by atoms with E-state index in [4.69, 9.17) is 9.47 Å². The Balaban J connectivity index is 1.96. The molecule has 40 heavy (non-hydrogen) atoms. The Bertz CT molecular complexity index is 1160. The van der Waals surface area contributed by atoms with Crippen LogP contribution in [0, 0.1) is 10.8 Å². The quantitative estimate of drug-likeness (QED) is 0.211. The van der Waals surface area contributed by atoms with Crippen molar-refractivity contribution < 1.29 is 46.0 Å². The van der Waals surface area contributed by atoms with E-state index in [0.717, 1.165) is 5.56 Å². The maximum absolute atomic E-state index is 13.6. The summed E-state index contributed by atoms with van der Waals surface area (Å²) in [5.41, 5.74) is -9.48. The molecule has 2 N–H and O–H groups in total. The van der Waals surface area contributed by atoms with E-state index in [1.807, 2.05) is 30.3 Å². The van der Waals surface area contributed by atoms with Gasteiger partial charge >= 0.3 is 12.4 Å². The summed E-state index contributed by atoms with van der Waals surface area (Å²) >= 11 is 0. The SMILES string of the molecule is C=CC[C@@]1(O)[C@](C)(COCc2c(C(F)(F)F)cccc2C(F)(F)F)[C@](C)(COCc2ccccc2)[C@@]1(O)CC=C. The first-order valence-corrected chi connectivity index (χ1v) is 12.6. The molecule has 0 spiro atoms. The summed E-state index contributed by atoms with van der Waals surface area (Å²) in [6.07, 6.45) is -7.47. The fourth-order valence-corrected chi connectivity index (χ4v) is 6.10. The highest BCUT2D eigenvalue weighted by Gasteiger charge is 2.82. The maximum Gasteiger partial charge on any atom is 0.416 e. The van der Waals surface area contributed by atoms with E-state index >= 15 is 0 Å². The van der Waals surface area contributed by atoms with Crippen LogP contribution in [0.1, 0.15) is 48.9 Å². The van der Waals surface area contributed by atoms with Crippen molar-refractivity contribution in [2.75, 3.05) is 13.2 Å². The third-order valence-electron chi connectivity index (χ3n) is 8.53. The molecule has 0 unspecified atom stereocenters. The molecule has 0 aliphatic heterocycles. The van der Waals surface area contributed by atoms with Crippen LogP contribution in [0.4, 0.5) is 26.3 Å². The van der Waals surface area contributed by atoms with Gasteiger partial charge in [0.2, 0.25) is 0 Å². The molecule has 0 heterocycles. The summed E-state index contributed by atoms with van der Waals surface area (Å²) in [5, 5.41) is 23.7. The van der Waals surface area contributed by atoms with Crippen molar-refractivity contribution in [2.24, 2.45) is 10.8 Å². The third-order valence-corrected chi connectivity index (χ3v) is 8.53. The van der Waals surface area contributed by atoms with Crippen LogP contribution in [0.3, 0.4) is 0 Å². The van der Waals surface area contributed by atoms with E-state index < -0.39 is 64.3 Å². The zero-order chi connectivity index (χ0) is 30.0. The Morgan fingerprint density at radius 1 is 0.700 bits per heavy atom. The Morgan fingerprint density at radius 3 is 1.52 bits per heavy atom. The molecule has 1 saturated carbocycles. The van der Waals surface area contributed by atoms with Gasteiger partial charge in [-0.25, -0.2) is 0 Å². The second-order valence-electron chi connectivity index (χ2n) is 10.7. The van der Waals surface area contributed by atoms with Gasteiger partial charge in [-0.2, -0.15) is 26.3 Å². The highest BCUT2D eigenvalue weighted by atomic mass is 19.4. The first-order valence-electron chi connectivity index (χ1n) is 12.6. The molecule has 1 fully saturated rings. The highest BCUT2D eigenvalue weighted by molar-refractivity contribution is 5.39. The zero-order valence-electron chi connectivity index (χ0n) is 22.4. The lowest BCUT2D eigenvalue weighted by Gasteiger charge is -2.75. The minimum atomic E-state index is -5.05. The largest absolute Gasteiger partial charge is 0.416 e. The average molecular weight is 573 g/mol. The van der Waals surface area contributed by atoms with E-state index in [2.05, 4.69) is 13.2 Å². The zero-order valence-corrected chi connectivity index (χ0v) is 22.4. The molecular weight excluding hydrogens is 538 g/mol. The van der Waals surface area contributed by atoms with Gasteiger partial charge in [0.15, 0.2) is 0 Å². The van der Waals surface area contributed by atoms with E-state index in [-0.39, 0.29) is 26.1 Å². The molecule has 1 aliphatic rings. The van der Waals surface area contributed by atoms with Gasteiger partial charge in [-0.3, -0.25) is 0 Å². The second kappa shape index (κ2) is 11.3. The van der Waals surface area contributed by atoms with E-state index in [1.54, 1.807) is 13.8 Å². The van der Waals surface area contributed by atoms with Crippen LogP contribution in [0.2, 0.25) is 0 Å². The number of halogens is 6. The van der Waals surface area contributed by atoms with Crippen molar-refractivity contribution in [3.8, 4) is 0 Å². The smallest absolute Gasteiger partial charge is 0.386 e. The molecule has 4 atom stereocenters. The highest BCUT2D eigenvalue weighted by Crippen LogP contribution is 2.71. The van der Waals surface area contributed by atoms with Crippen molar-refractivity contribution >= 4 is 0 Å². The van der Waals surface area contributed by atoms with Crippen molar-refractivity contribution in [1.29, 1.82) is 0 Å². The second-order valence-corrected chi connectivity index (χ2v) is 10.7. The summed E-state index contributed by atoms with van der Waals surface area (Å²) in [5.74, 6) is 0. The van der Waals surface area contributed by atoms with Gasteiger partial charge < -0.3 is 19.7 Å². The molecule has 2 aromatic rings. The summed E-state index contributed by atoms with van der Waals surface area (Å²) < 4.78 is 93.3. The average Bonchev–Trinajstić information content (AvgIpc) is 2.87. The van der Waals surface area contributed by atoms with Gasteiger partial charge in [-0.05, 0) is 30.5 Å². The number of hydrogen-bond donors (Lipinski definition) is 2. The van der Waals surface area contributed by atoms with Crippen LogP contribution in [0.15, 0.2) is 73.8 Å². The molecule has 4 nitrogen and oxygen atoms in total.